The van der Waals surface area contributed by atoms with Gasteiger partial charge in [-0.2, -0.15) is 5.26 Å². The van der Waals surface area contributed by atoms with E-state index in [1.807, 2.05) is 0 Å². The van der Waals surface area contributed by atoms with Gasteiger partial charge in [0.25, 0.3) is 0 Å². The molecular formula is C14H9ClF2N2O3S. The van der Waals surface area contributed by atoms with Crippen LogP contribution in [0.4, 0.5) is 14.5 Å². The average Bonchev–Trinajstić information content (AvgIpc) is 2.42. The molecule has 5 nitrogen and oxygen atoms in total. The normalized spacial score (nSPS) is 10.9. The lowest BCUT2D eigenvalue weighted by Crippen LogP contribution is -2.10. The second-order valence-electron chi connectivity index (χ2n) is 4.49. The molecule has 0 aliphatic carbocycles. The third kappa shape index (κ3) is 4.31. The zero-order valence-corrected chi connectivity index (χ0v) is 13.2. The molecule has 0 radical (unpaired) electrons. The predicted molar refractivity (Wildman–Crippen MR) is 81.1 cm³/mol. The maximum atomic E-state index is 13.7. The summed E-state index contributed by atoms with van der Waals surface area (Å²) in [5.74, 6) is -2.27. The van der Waals surface area contributed by atoms with E-state index in [4.69, 9.17) is 21.6 Å². The number of anilines is 1. The van der Waals surface area contributed by atoms with E-state index >= 15 is 0 Å². The molecule has 23 heavy (non-hydrogen) atoms. The fourth-order valence-corrected chi connectivity index (χ4v) is 2.44. The van der Waals surface area contributed by atoms with Crippen molar-refractivity contribution in [3.63, 3.8) is 0 Å². The molecule has 1 N–H and O–H groups in total. The van der Waals surface area contributed by atoms with E-state index < -0.39 is 21.7 Å². The maximum Gasteiger partial charge on any atom is 0.229 e. The van der Waals surface area contributed by atoms with Crippen LogP contribution in [0.25, 0.3) is 0 Å². The van der Waals surface area contributed by atoms with Gasteiger partial charge in [0.15, 0.2) is 17.3 Å². The number of halogens is 3. The zero-order chi connectivity index (χ0) is 17.2. The van der Waals surface area contributed by atoms with Crippen molar-refractivity contribution in [3.05, 3.63) is 52.6 Å². The van der Waals surface area contributed by atoms with Crippen molar-refractivity contribution in [2.24, 2.45) is 0 Å². The van der Waals surface area contributed by atoms with Crippen molar-refractivity contribution in [2.75, 3.05) is 11.0 Å². The van der Waals surface area contributed by atoms with Crippen molar-refractivity contribution >= 4 is 27.3 Å². The van der Waals surface area contributed by atoms with Crippen LogP contribution in [0.3, 0.4) is 0 Å². The number of nitrogens with one attached hydrogen (secondary N) is 1. The summed E-state index contributed by atoms with van der Waals surface area (Å²) in [7, 11) is -3.67. The molecule has 0 saturated heterocycles. The smallest absolute Gasteiger partial charge is 0.229 e. The summed E-state index contributed by atoms with van der Waals surface area (Å²) in [4.78, 5) is 0. The Balaban J connectivity index is 2.52. The molecule has 0 fully saturated rings. The van der Waals surface area contributed by atoms with Gasteiger partial charge in [0.1, 0.15) is 11.9 Å². The molecule has 0 atom stereocenters. The number of nitrogens with zero attached hydrogens (tertiary/aromatic N) is 1. The van der Waals surface area contributed by atoms with Crippen molar-refractivity contribution in [1.82, 2.24) is 0 Å². The number of nitriles is 1. The highest BCUT2D eigenvalue weighted by Crippen LogP contribution is 2.35. The summed E-state index contributed by atoms with van der Waals surface area (Å²) < 4.78 is 56.8. The number of hydrogen-bond donors (Lipinski definition) is 1. The van der Waals surface area contributed by atoms with Gasteiger partial charge >= 0.3 is 0 Å². The molecular weight excluding hydrogens is 350 g/mol. The standard InChI is InChI=1S/C14H9ClF2N2O3S/c1-23(20,21)19-12-6-10(15)8(7-18)4-14(12)22-13-3-2-9(16)5-11(13)17/h2-6,19H,1H3. The van der Waals surface area contributed by atoms with Crippen LogP contribution in [0, 0.1) is 23.0 Å². The second-order valence-corrected chi connectivity index (χ2v) is 6.65. The van der Waals surface area contributed by atoms with Crippen LogP contribution in [0.2, 0.25) is 5.02 Å². The molecule has 0 heterocycles. The third-order valence-electron chi connectivity index (χ3n) is 2.60. The van der Waals surface area contributed by atoms with Gasteiger partial charge < -0.3 is 4.74 Å². The van der Waals surface area contributed by atoms with E-state index in [0.717, 1.165) is 30.5 Å². The molecule has 2 rings (SSSR count). The third-order valence-corrected chi connectivity index (χ3v) is 3.50. The summed E-state index contributed by atoms with van der Waals surface area (Å²) in [6.45, 7) is 0. The second kappa shape index (κ2) is 6.40. The van der Waals surface area contributed by atoms with Gasteiger partial charge in [-0.3, -0.25) is 4.72 Å². The Hall–Kier alpha value is -2.37. The van der Waals surface area contributed by atoms with Crippen LogP contribution in [-0.2, 0) is 10.0 Å². The van der Waals surface area contributed by atoms with E-state index in [1.54, 1.807) is 6.07 Å². The SMILES string of the molecule is CS(=O)(=O)Nc1cc(Cl)c(C#N)cc1Oc1ccc(F)cc1F. The number of ether oxygens (including phenoxy) is 1. The highest BCUT2D eigenvalue weighted by atomic mass is 35.5. The lowest BCUT2D eigenvalue weighted by Gasteiger charge is -2.13. The van der Waals surface area contributed by atoms with Gasteiger partial charge in [-0.05, 0) is 18.2 Å². The highest BCUT2D eigenvalue weighted by Gasteiger charge is 2.16. The molecule has 0 bridgehead atoms. The first-order chi connectivity index (χ1) is 10.7. The Morgan fingerprint density at radius 3 is 2.48 bits per heavy atom. The van der Waals surface area contributed by atoms with E-state index in [1.165, 1.54) is 0 Å². The van der Waals surface area contributed by atoms with Gasteiger partial charge in [0, 0.05) is 12.1 Å². The van der Waals surface area contributed by atoms with Crippen LogP contribution in [0.5, 0.6) is 11.5 Å². The molecule has 0 spiro atoms. The number of hydrogen-bond acceptors (Lipinski definition) is 4. The first-order valence-corrected chi connectivity index (χ1v) is 8.31. The summed E-state index contributed by atoms with van der Waals surface area (Å²) in [6.07, 6.45) is 0.904. The first-order valence-electron chi connectivity index (χ1n) is 6.04. The van der Waals surface area contributed by atoms with Crippen LogP contribution in [0.1, 0.15) is 5.56 Å². The Kier molecular flexibility index (Phi) is 4.73. The zero-order valence-electron chi connectivity index (χ0n) is 11.6. The minimum atomic E-state index is -3.67. The highest BCUT2D eigenvalue weighted by molar-refractivity contribution is 7.92. The Labute approximate surface area is 136 Å². The average molecular weight is 359 g/mol. The van der Waals surface area contributed by atoms with Crippen LogP contribution < -0.4 is 9.46 Å². The van der Waals surface area contributed by atoms with Crippen LogP contribution in [0.15, 0.2) is 30.3 Å². The maximum absolute atomic E-state index is 13.7. The van der Waals surface area contributed by atoms with Crippen molar-refractivity contribution in [3.8, 4) is 17.6 Å². The summed E-state index contributed by atoms with van der Waals surface area (Å²) in [5, 5.41) is 8.96. The summed E-state index contributed by atoms with van der Waals surface area (Å²) in [6, 6.07) is 6.73. The lowest BCUT2D eigenvalue weighted by molar-refractivity contribution is 0.439. The lowest BCUT2D eigenvalue weighted by atomic mass is 10.2. The Bertz CT molecular complexity index is 911. The largest absolute Gasteiger partial charge is 0.452 e. The minimum Gasteiger partial charge on any atom is -0.452 e. The topological polar surface area (TPSA) is 79.2 Å². The molecule has 9 heteroatoms. The number of sulfonamides is 1. The molecule has 0 aliphatic heterocycles. The van der Waals surface area contributed by atoms with Crippen LogP contribution in [-0.4, -0.2) is 14.7 Å². The first kappa shape index (κ1) is 17.0. The molecule has 0 unspecified atom stereocenters. The van der Waals surface area contributed by atoms with E-state index in [0.29, 0.717) is 6.07 Å². The fraction of sp³-hybridized carbons (Fsp3) is 0.0714. The Morgan fingerprint density at radius 1 is 1.22 bits per heavy atom. The van der Waals surface area contributed by atoms with Gasteiger partial charge in [0.05, 0.1) is 22.5 Å². The van der Waals surface area contributed by atoms with Gasteiger partial charge in [-0.1, -0.05) is 11.6 Å². The predicted octanol–water partition coefficient (Wildman–Crippen LogP) is 3.65. The number of benzene rings is 2. The summed E-state index contributed by atoms with van der Waals surface area (Å²) >= 11 is 5.85. The monoisotopic (exact) mass is 358 g/mol. The van der Waals surface area contributed by atoms with Crippen molar-refractivity contribution in [2.45, 2.75) is 0 Å². The molecule has 0 aliphatic rings. The van der Waals surface area contributed by atoms with Gasteiger partial charge in [0.2, 0.25) is 10.0 Å². The fourth-order valence-electron chi connectivity index (χ4n) is 1.68. The summed E-state index contributed by atoms with van der Waals surface area (Å²) in [5.41, 5.74) is -0.0801. The van der Waals surface area contributed by atoms with Gasteiger partial charge in [-0.15, -0.1) is 0 Å². The molecule has 120 valence electrons. The molecule has 0 aromatic heterocycles. The Morgan fingerprint density at radius 2 is 1.91 bits per heavy atom. The number of rotatable bonds is 4. The molecule has 0 amide bonds. The van der Waals surface area contributed by atoms with Crippen LogP contribution >= 0.6 is 11.6 Å². The van der Waals surface area contributed by atoms with Gasteiger partial charge in [-0.25, -0.2) is 17.2 Å². The van der Waals surface area contributed by atoms with E-state index in [9.17, 15) is 17.2 Å². The van der Waals surface area contributed by atoms with Crippen molar-refractivity contribution in [1.29, 1.82) is 5.26 Å². The molecule has 0 saturated carbocycles. The minimum absolute atomic E-state index is 0.00300. The molecule has 2 aromatic carbocycles. The molecule has 2 aromatic rings. The van der Waals surface area contributed by atoms with Crippen molar-refractivity contribution < 1.29 is 21.9 Å². The van der Waals surface area contributed by atoms with E-state index in [2.05, 4.69) is 4.72 Å². The quantitative estimate of drug-likeness (QED) is 0.904. The van der Waals surface area contributed by atoms with E-state index in [-0.39, 0.29) is 27.8 Å².